The summed E-state index contributed by atoms with van der Waals surface area (Å²) in [5.74, 6) is 0.694. The van der Waals surface area contributed by atoms with Crippen molar-refractivity contribution in [3.8, 4) is 0 Å². The average Bonchev–Trinajstić information content (AvgIpc) is 2.34. The second-order valence-corrected chi connectivity index (χ2v) is 5.95. The molecular weight excluding hydrogens is 244 g/mol. The van der Waals surface area contributed by atoms with Crippen LogP contribution in [0.25, 0.3) is 0 Å². The molecule has 0 saturated carbocycles. The van der Waals surface area contributed by atoms with Gasteiger partial charge in [-0.05, 0) is 38.5 Å². The van der Waals surface area contributed by atoms with Gasteiger partial charge in [-0.3, -0.25) is 4.79 Å². The molecule has 18 heavy (non-hydrogen) atoms. The van der Waals surface area contributed by atoms with Gasteiger partial charge >= 0.3 is 0 Å². The van der Waals surface area contributed by atoms with Crippen molar-refractivity contribution in [1.82, 2.24) is 4.90 Å². The number of amides is 1. The van der Waals surface area contributed by atoms with E-state index in [0.717, 1.165) is 13.0 Å². The van der Waals surface area contributed by atoms with Gasteiger partial charge < -0.3 is 10.6 Å². The molecule has 1 aliphatic heterocycles. The first-order valence-electron chi connectivity index (χ1n) is 7.01. The van der Waals surface area contributed by atoms with E-state index in [-0.39, 0.29) is 11.9 Å². The third-order valence-corrected chi connectivity index (χ3v) is 5.11. The summed E-state index contributed by atoms with van der Waals surface area (Å²) >= 11 is 5.17. The first-order valence-corrected chi connectivity index (χ1v) is 7.42. The van der Waals surface area contributed by atoms with E-state index in [4.69, 9.17) is 18.0 Å². The third-order valence-electron chi connectivity index (χ3n) is 4.72. The Balaban J connectivity index is 2.99. The molecule has 2 N–H and O–H groups in total. The molecule has 104 valence electrons. The predicted octanol–water partition coefficient (Wildman–Crippen LogP) is 2.73. The minimum Gasteiger partial charge on any atom is -0.392 e. The zero-order valence-corrected chi connectivity index (χ0v) is 12.8. The Labute approximate surface area is 116 Å². The molecule has 3 nitrogen and oxygen atoms in total. The number of piperidine rings is 1. The summed E-state index contributed by atoms with van der Waals surface area (Å²) in [5.41, 5.74) is 5.23. The Morgan fingerprint density at radius 1 is 1.39 bits per heavy atom. The van der Waals surface area contributed by atoms with Crippen LogP contribution >= 0.6 is 12.2 Å². The van der Waals surface area contributed by atoms with Gasteiger partial charge in [-0.15, -0.1) is 0 Å². The van der Waals surface area contributed by atoms with Gasteiger partial charge in [0.1, 0.15) is 0 Å². The molecule has 1 saturated heterocycles. The van der Waals surface area contributed by atoms with E-state index >= 15 is 0 Å². The molecule has 0 aliphatic carbocycles. The summed E-state index contributed by atoms with van der Waals surface area (Å²) in [6.07, 6.45) is 3.66. The van der Waals surface area contributed by atoms with Crippen molar-refractivity contribution in [2.45, 2.75) is 59.4 Å². The van der Waals surface area contributed by atoms with Gasteiger partial charge in [-0.25, -0.2) is 0 Å². The van der Waals surface area contributed by atoms with E-state index in [1.54, 1.807) is 0 Å². The van der Waals surface area contributed by atoms with Gasteiger partial charge in [-0.2, -0.15) is 0 Å². The molecule has 0 spiro atoms. The quantitative estimate of drug-likeness (QED) is 0.799. The number of nitrogens with two attached hydrogens (primary N) is 1. The maximum absolute atomic E-state index is 12.8. The van der Waals surface area contributed by atoms with Crippen LogP contribution < -0.4 is 5.73 Å². The molecule has 0 radical (unpaired) electrons. The molecule has 0 bridgehead atoms. The van der Waals surface area contributed by atoms with Gasteiger partial charge in [0.05, 0.1) is 10.4 Å². The molecule has 1 fully saturated rings. The lowest BCUT2D eigenvalue weighted by Crippen LogP contribution is -2.55. The average molecular weight is 270 g/mol. The van der Waals surface area contributed by atoms with E-state index in [9.17, 15) is 4.79 Å². The summed E-state index contributed by atoms with van der Waals surface area (Å²) in [7, 11) is 0. The van der Waals surface area contributed by atoms with Gasteiger partial charge in [0, 0.05) is 12.6 Å². The van der Waals surface area contributed by atoms with Crippen LogP contribution in [0.4, 0.5) is 0 Å². The van der Waals surface area contributed by atoms with E-state index in [1.807, 2.05) is 18.7 Å². The highest BCUT2D eigenvalue weighted by atomic mass is 32.1. The van der Waals surface area contributed by atoms with Crippen molar-refractivity contribution < 1.29 is 4.79 Å². The highest BCUT2D eigenvalue weighted by Gasteiger charge is 2.43. The predicted molar refractivity (Wildman–Crippen MR) is 79.4 cm³/mol. The Bertz CT molecular complexity index is 326. The second kappa shape index (κ2) is 6.00. The number of hydrogen-bond donors (Lipinski definition) is 1. The Hall–Kier alpha value is -0.640. The topological polar surface area (TPSA) is 46.3 Å². The molecule has 1 rings (SSSR count). The zero-order valence-electron chi connectivity index (χ0n) is 12.0. The van der Waals surface area contributed by atoms with E-state index in [0.29, 0.717) is 23.7 Å². The first-order chi connectivity index (χ1) is 8.40. The fraction of sp³-hybridized carbons (Fsp3) is 0.857. The van der Waals surface area contributed by atoms with E-state index in [1.165, 1.54) is 6.42 Å². The van der Waals surface area contributed by atoms with Crippen LogP contribution in [0.1, 0.15) is 53.4 Å². The summed E-state index contributed by atoms with van der Waals surface area (Å²) in [6.45, 7) is 9.19. The smallest absolute Gasteiger partial charge is 0.235 e. The van der Waals surface area contributed by atoms with Gasteiger partial charge in [0.25, 0.3) is 0 Å². The monoisotopic (exact) mass is 270 g/mol. The Kier molecular flexibility index (Phi) is 5.14. The van der Waals surface area contributed by atoms with Crippen molar-refractivity contribution in [3.63, 3.8) is 0 Å². The Morgan fingerprint density at radius 2 is 1.94 bits per heavy atom. The molecule has 1 amide bonds. The summed E-state index contributed by atoms with van der Waals surface area (Å²) < 4.78 is 0. The molecule has 1 aliphatic rings. The van der Waals surface area contributed by atoms with Crippen LogP contribution in [0.2, 0.25) is 0 Å². The molecule has 2 atom stereocenters. The number of thiocarbonyl (C=S) groups is 1. The summed E-state index contributed by atoms with van der Waals surface area (Å²) in [5, 5.41) is 0. The zero-order chi connectivity index (χ0) is 13.9. The number of rotatable bonds is 4. The van der Waals surface area contributed by atoms with Gasteiger partial charge in [0.2, 0.25) is 5.91 Å². The van der Waals surface area contributed by atoms with Crippen LogP contribution in [0.5, 0.6) is 0 Å². The van der Waals surface area contributed by atoms with Gasteiger partial charge in [-0.1, -0.05) is 33.0 Å². The van der Waals surface area contributed by atoms with Crippen LogP contribution in [-0.4, -0.2) is 28.4 Å². The second-order valence-electron chi connectivity index (χ2n) is 5.51. The lowest BCUT2D eigenvalue weighted by molar-refractivity contribution is -0.143. The van der Waals surface area contributed by atoms with Crippen LogP contribution in [0, 0.1) is 11.3 Å². The maximum atomic E-state index is 12.8. The highest BCUT2D eigenvalue weighted by Crippen LogP contribution is 2.33. The van der Waals surface area contributed by atoms with Crippen LogP contribution in [0.3, 0.4) is 0 Å². The molecule has 4 heteroatoms. The molecular formula is C14H26N2OS. The van der Waals surface area contributed by atoms with Crippen LogP contribution in [-0.2, 0) is 4.79 Å². The number of carbonyl (C=O) groups excluding carboxylic acids is 1. The number of nitrogens with zero attached hydrogens (tertiary/aromatic N) is 1. The van der Waals surface area contributed by atoms with Crippen LogP contribution in [0.15, 0.2) is 0 Å². The fourth-order valence-corrected chi connectivity index (χ4v) is 3.28. The fourth-order valence-electron chi connectivity index (χ4n) is 2.90. The summed E-state index contributed by atoms with van der Waals surface area (Å²) in [6, 6.07) is 0.290. The van der Waals surface area contributed by atoms with E-state index < -0.39 is 5.41 Å². The Morgan fingerprint density at radius 3 is 2.39 bits per heavy atom. The van der Waals surface area contributed by atoms with Gasteiger partial charge in [0.15, 0.2) is 0 Å². The highest BCUT2D eigenvalue weighted by molar-refractivity contribution is 7.80. The molecule has 2 unspecified atom stereocenters. The van der Waals surface area contributed by atoms with E-state index in [2.05, 4.69) is 13.8 Å². The lowest BCUT2D eigenvalue weighted by Gasteiger charge is -2.43. The van der Waals surface area contributed by atoms with Crippen molar-refractivity contribution in [2.24, 2.45) is 17.1 Å². The number of carbonyl (C=O) groups is 1. The molecule has 0 aromatic rings. The molecule has 0 aromatic carbocycles. The minimum absolute atomic E-state index is 0.138. The van der Waals surface area contributed by atoms with Crippen molar-refractivity contribution >= 4 is 23.1 Å². The maximum Gasteiger partial charge on any atom is 0.235 e. The normalized spacial score (nSPS) is 25.0. The van der Waals surface area contributed by atoms with Crippen molar-refractivity contribution in [2.75, 3.05) is 6.54 Å². The summed E-state index contributed by atoms with van der Waals surface area (Å²) in [4.78, 5) is 15.2. The molecule has 1 heterocycles. The largest absolute Gasteiger partial charge is 0.392 e. The minimum atomic E-state index is -0.638. The standard InChI is InChI=1S/C14H26N2OS/c1-5-14(6-2,12(15)18)13(17)16-9-7-8-10(3)11(16)4/h10-11H,5-9H2,1-4H3,(H2,15,18). The SMILES string of the molecule is CCC(CC)(C(=O)N1CCCC(C)C1C)C(N)=S. The third kappa shape index (κ3) is 2.53. The number of hydrogen-bond acceptors (Lipinski definition) is 2. The van der Waals surface area contributed by atoms with Crippen molar-refractivity contribution in [3.05, 3.63) is 0 Å². The lowest BCUT2D eigenvalue weighted by atomic mass is 9.79. The molecule has 0 aromatic heterocycles. The number of likely N-dealkylation sites (tertiary alicyclic amines) is 1. The van der Waals surface area contributed by atoms with Crippen molar-refractivity contribution in [1.29, 1.82) is 0 Å². The first kappa shape index (κ1) is 15.4.